The highest BCUT2D eigenvalue weighted by atomic mass is 15.3. The van der Waals surface area contributed by atoms with E-state index in [0.717, 1.165) is 30.6 Å². The van der Waals surface area contributed by atoms with Crippen LogP contribution < -0.4 is 11.1 Å². The monoisotopic (exact) mass is 359 g/mol. The highest BCUT2D eigenvalue weighted by Crippen LogP contribution is 2.27. The molecular weight excluding hydrogens is 334 g/mol. The van der Waals surface area contributed by atoms with Crippen LogP contribution in [0.3, 0.4) is 0 Å². The first-order valence-electron chi connectivity index (χ1n) is 9.56. The molecule has 1 aliphatic rings. The lowest BCUT2D eigenvalue weighted by Crippen LogP contribution is -2.24. The fourth-order valence-corrected chi connectivity index (χ4v) is 3.62. The predicted octanol–water partition coefficient (Wildman–Crippen LogP) is 3.72. The van der Waals surface area contributed by atoms with Crippen LogP contribution in [0.15, 0.2) is 65.9 Å². The zero-order chi connectivity index (χ0) is 18.5. The Bertz CT molecular complexity index is 910. The van der Waals surface area contributed by atoms with Crippen LogP contribution in [0.1, 0.15) is 29.5 Å². The number of nitrogens with zero attached hydrogens (tertiary/aromatic N) is 3. The van der Waals surface area contributed by atoms with Crippen LogP contribution in [0.2, 0.25) is 0 Å². The van der Waals surface area contributed by atoms with Crippen molar-refractivity contribution in [2.45, 2.75) is 32.1 Å². The molecule has 0 spiro atoms. The van der Waals surface area contributed by atoms with E-state index in [-0.39, 0.29) is 0 Å². The van der Waals surface area contributed by atoms with Crippen molar-refractivity contribution in [2.24, 2.45) is 10.7 Å². The second kappa shape index (κ2) is 8.08. The van der Waals surface area contributed by atoms with Gasteiger partial charge < -0.3 is 11.1 Å². The minimum absolute atomic E-state index is 0.488. The van der Waals surface area contributed by atoms with E-state index in [1.165, 1.54) is 29.5 Å². The van der Waals surface area contributed by atoms with Crippen LogP contribution in [-0.4, -0.2) is 22.3 Å². The molecule has 0 aliphatic heterocycles. The molecule has 1 heterocycles. The number of hydrogen-bond donors (Lipinski definition) is 2. The van der Waals surface area contributed by atoms with Gasteiger partial charge in [0.25, 0.3) is 0 Å². The topological polar surface area (TPSA) is 68.2 Å². The molecule has 0 atom stereocenters. The number of aliphatic imine (C=N–C) groups is 1. The first-order valence-corrected chi connectivity index (χ1v) is 9.56. The van der Waals surface area contributed by atoms with Gasteiger partial charge in [-0.1, -0.05) is 24.3 Å². The summed E-state index contributed by atoms with van der Waals surface area (Å²) in [5.41, 5.74) is 12.4. The molecule has 0 saturated carbocycles. The van der Waals surface area contributed by atoms with Crippen molar-refractivity contribution in [3.8, 4) is 5.69 Å². The average Bonchev–Trinajstić information content (AvgIpc) is 3.24. The molecule has 27 heavy (non-hydrogen) atoms. The van der Waals surface area contributed by atoms with Gasteiger partial charge in [0.15, 0.2) is 5.96 Å². The van der Waals surface area contributed by atoms with Gasteiger partial charge in [-0.3, -0.25) is 4.99 Å². The molecule has 4 rings (SSSR count). The smallest absolute Gasteiger partial charge is 0.193 e. The minimum atomic E-state index is 0.488. The molecule has 5 heteroatoms. The van der Waals surface area contributed by atoms with Crippen LogP contribution in [-0.2, 0) is 19.3 Å². The molecule has 0 unspecified atom stereocenters. The summed E-state index contributed by atoms with van der Waals surface area (Å²) in [4.78, 5) is 4.50. The number of benzene rings is 2. The molecule has 0 radical (unpaired) electrons. The summed E-state index contributed by atoms with van der Waals surface area (Å²) in [6.07, 6.45) is 9.38. The van der Waals surface area contributed by atoms with Crippen molar-refractivity contribution in [3.63, 3.8) is 0 Å². The van der Waals surface area contributed by atoms with E-state index in [1.54, 1.807) is 6.20 Å². The molecular formula is C22H25N5. The number of fused-ring (bicyclic) bond motifs is 1. The second-order valence-corrected chi connectivity index (χ2v) is 6.91. The van der Waals surface area contributed by atoms with Gasteiger partial charge in [0.1, 0.15) is 0 Å². The second-order valence-electron chi connectivity index (χ2n) is 6.91. The first kappa shape index (κ1) is 17.3. The predicted molar refractivity (Wildman–Crippen MR) is 110 cm³/mol. The maximum Gasteiger partial charge on any atom is 0.193 e. The standard InChI is InChI=1S/C22H25N5/c23-22(26-21-8-3-6-18-5-1-2-7-20(18)21)24-15-13-17-9-11-19(12-10-17)27-16-4-14-25-27/h3-4,6,8-12,14,16H,1-2,5,7,13,15H2,(H3,23,24,26). The lowest BCUT2D eigenvalue weighted by atomic mass is 9.90. The molecule has 0 fully saturated rings. The van der Waals surface area contributed by atoms with Gasteiger partial charge in [-0.15, -0.1) is 0 Å². The Morgan fingerprint density at radius 2 is 1.93 bits per heavy atom. The molecule has 5 nitrogen and oxygen atoms in total. The number of anilines is 1. The summed E-state index contributed by atoms with van der Waals surface area (Å²) in [5.74, 6) is 0.488. The first-order chi connectivity index (χ1) is 13.3. The zero-order valence-electron chi connectivity index (χ0n) is 15.4. The zero-order valence-corrected chi connectivity index (χ0v) is 15.4. The Hall–Kier alpha value is -3.08. The van der Waals surface area contributed by atoms with Gasteiger partial charge in [0, 0.05) is 24.6 Å². The summed E-state index contributed by atoms with van der Waals surface area (Å²) in [5, 5.41) is 7.54. The normalized spacial score (nSPS) is 14.0. The van der Waals surface area contributed by atoms with E-state index < -0.39 is 0 Å². The molecule has 1 aromatic heterocycles. The lowest BCUT2D eigenvalue weighted by molar-refractivity contribution is 0.687. The van der Waals surface area contributed by atoms with E-state index in [0.29, 0.717) is 12.5 Å². The highest BCUT2D eigenvalue weighted by molar-refractivity contribution is 5.93. The number of guanidine groups is 1. The highest BCUT2D eigenvalue weighted by Gasteiger charge is 2.13. The molecule has 3 N–H and O–H groups in total. The fraction of sp³-hybridized carbons (Fsp3) is 0.273. The largest absolute Gasteiger partial charge is 0.370 e. The summed E-state index contributed by atoms with van der Waals surface area (Å²) >= 11 is 0. The average molecular weight is 359 g/mol. The van der Waals surface area contributed by atoms with Gasteiger partial charge in [-0.2, -0.15) is 5.10 Å². The Labute approximate surface area is 159 Å². The van der Waals surface area contributed by atoms with Gasteiger partial charge >= 0.3 is 0 Å². The number of hydrogen-bond acceptors (Lipinski definition) is 2. The van der Waals surface area contributed by atoms with Gasteiger partial charge in [-0.05, 0) is 73.1 Å². The molecule has 0 bridgehead atoms. The van der Waals surface area contributed by atoms with Crippen molar-refractivity contribution in [1.29, 1.82) is 0 Å². The molecule has 3 aromatic rings. The van der Waals surface area contributed by atoms with Crippen molar-refractivity contribution >= 4 is 11.6 Å². The van der Waals surface area contributed by atoms with Gasteiger partial charge in [-0.25, -0.2) is 4.68 Å². The van der Waals surface area contributed by atoms with Gasteiger partial charge in [0.2, 0.25) is 0 Å². The number of aryl methyl sites for hydroxylation is 1. The number of aromatic nitrogens is 2. The molecule has 0 saturated heterocycles. The maximum absolute atomic E-state index is 6.12. The van der Waals surface area contributed by atoms with Crippen LogP contribution in [0.4, 0.5) is 5.69 Å². The maximum atomic E-state index is 6.12. The SMILES string of the molecule is NC(=NCCc1ccc(-n2cccn2)cc1)Nc1cccc2c1CCCC2. The number of nitrogens with one attached hydrogen (secondary N) is 1. The summed E-state index contributed by atoms with van der Waals surface area (Å²) < 4.78 is 1.85. The van der Waals surface area contributed by atoms with Gasteiger partial charge in [0.05, 0.1) is 5.69 Å². The minimum Gasteiger partial charge on any atom is -0.370 e. The van der Waals surface area contributed by atoms with E-state index >= 15 is 0 Å². The number of rotatable bonds is 5. The molecule has 2 aromatic carbocycles. The van der Waals surface area contributed by atoms with E-state index in [1.807, 2.05) is 16.9 Å². The summed E-state index contributed by atoms with van der Waals surface area (Å²) in [6.45, 7) is 0.662. The Morgan fingerprint density at radius 3 is 2.74 bits per heavy atom. The van der Waals surface area contributed by atoms with Crippen LogP contribution in [0.5, 0.6) is 0 Å². The quantitative estimate of drug-likeness (QED) is 0.539. The van der Waals surface area contributed by atoms with Crippen LogP contribution in [0.25, 0.3) is 5.69 Å². The van der Waals surface area contributed by atoms with E-state index in [4.69, 9.17) is 5.73 Å². The molecule has 1 aliphatic carbocycles. The third-order valence-electron chi connectivity index (χ3n) is 5.05. The number of nitrogens with two attached hydrogens (primary N) is 1. The fourth-order valence-electron chi connectivity index (χ4n) is 3.62. The molecule has 0 amide bonds. The van der Waals surface area contributed by atoms with E-state index in [9.17, 15) is 0 Å². The molecule has 138 valence electrons. The Morgan fingerprint density at radius 1 is 1.07 bits per heavy atom. The Balaban J connectivity index is 1.35. The lowest BCUT2D eigenvalue weighted by Gasteiger charge is -2.19. The Kier molecular flexibility index (Phi) is 5.19. The van der Waals surface area contributed by atoms with Crippen molar-refractivity contribution in [1.82, 2.24) is 9.78 Å². The van der Waals surface area contributed by atoms with Crippen molar-refractivity contribution in [3.05, 3.63) is 77.6 Å². The van der Waals surface area contributed by atoms with Crippen molar-refractivity contribution in [2.75, 3.05) is 11.9 Å². The van der Waals surface area contributed by atoms with Crippen LogP contribution >= 0.6 is 0 Å². The third kappa shape index (κ3) is 4.19. The van der Waals surface area contributed by atoms with E-state index in [2.05, 4.69) is 57.9 Å². The summed E-state index contributed by atoms with van der Waals surface area (Å²) in [7, 11) is 0. The van der Waals surface area contributed by atoms with Crippen LogP contribution in [0, 0.1) is 0 Å². The third-order valence-corrected chi connectivity index (χ3v) is 5.05. The summed E-state index contributed by atoms with van der Waals surface area (Å²) in [6, 6.07) is 16.7. The van der Waals surface area contributed by atoms with Crippen molar-refractivity contribution < 1.29 is 0 Å².